The second kappa shape index (κ2) is 5.67. The number of hydrogen-bond acceptors (Lipinski definition) is 4. The molecule has 0 bridgehead atoms. The quantitative estimate of drug-likeness (QED) is 0.835. The average molecular weight is 249 g/mol. The Morgan fingerprint density at radius 3 is 2.78 bits per heavy atom. The number of anilines is 1. The molecule has 1 heterocycles. The number of nitrogens with two attached hydrogens (primary N) is 2. The molecular weight excluding hydrogens is 226 g/mol. The molecule has 0 radical (unpaired) electrons. The molecule has 2 rings (SSSR count). The van der Waals surface area contributed by atoms with E-state index in [4.69, 9.17) is 16.2 Å². The maximum atomic E-state index is 6.39. The first-order valence-corrected chi connectivity index (χ1v) is 6.76. The summed E-state index contributed by atoms with van der Waals surface area (Å²) in [6.45, 7) is 2.75. The van der Waals surface area contributed by atoms with Crippen molar-refractivity contribution in [3.63, 3.8) is 0 Å². The third-order valence-electron chi connectivity index (χ3n) is 3.94. The van der Waals surface area contributed by atoms with Crippen molar-refractivity contribution >= 4 is 5.69 Å². The van der Waals surface area contributed by atoms with E-state index in [1.54, 1.807) is 6.20 Å². The van der Waals surface area contributed by atoms with E-state index in [1.807, 2.05) is 19.2 Å². The van der Waals surface area contributed by atoms with Gasteiger partial charge in [-0.25, -0.2) is 0 Å². The summed E-state index contributed by atoms with van der Waals surface area (Å²) in [5.41, 5.74) is 14.0. The van der Waals surface area contributed by atoms with Gasteiger partial charge in [0.1, 0.15) is 0 Å². The molecule has 1 atom stereocenters. The van der Waals surface area contributed by atoms with Gasteiger partial charge in [0.2, 0.25) is 0 Å². The second-order valence-electron chi connectivity index (χ2n) is 5.09. The van der Waals surface area contributed by atoms with Crippen molar-refractivity contribution in [2.24, 2.45) is 5.73 Å². The largest absolute Gasteiger partial charge is 0.398 e. The lowest BCUT2D eigenvalue weighted by Gasteiger charge is -2.35. The molecule has 1 aliphatic carbocycles. The van der Waals surface area contributed by atoms with Crippen molar-refractivity contribution in [3.8, 4) is 0 Å². The van der Waals surface area contributed by atoms with Gasteiger partial charge in [0.25, 0.3) is 0 Å². The van der Waals surface area contributed by atoms with Crippen LogP contribution in [0.2, 0.25) is 0 Å². The zero-order valence-electron chi connectivity index (χ0n) is 11.1. The van der Waals surface area contributed by atoms with Crippen LogP contribution >= 0.6 is 0 Å². The van der Waals surface area contributed by atoms with Crippen LogP contribution in [0.4, 0.5) is 5.69 Å². The van der Waals surface area contributed by atoms with Gasteiger partial charge in [0, 0.05) is 30.7 Å². The molecule has 0 aliphatic heterocycles. The summed E-state index contributed by atoms with van der Waals surface area (Å²) in [5.74, 6) is 0. The number of ether oxygens (including phenoxy) is 1. The molecular formula is C14H23N3O. The van der Waals surface area contributed by atoms with Crippen LogP contribution in [0.1, 0.15) is 38.2 Å². The Bertz CT molecular complexity index is 388. The highest BCUT2D eigenvalue weighted by atomic mass is 16.5. The van der Waals surface area contributed by atoms with Crippen LogP contribution in [0.15, 0.2) is 18.5 Å². The average Bonchev–Trinajstić information content (AvgIpc) is 2.82. The number of nitrogens with zero attached hydrogens (tertiary/aromatic N) is 1. The molecule has 1 aromatic heterocycles. The highest BCUT2D eigenvalue weighted by Crippen LogP contribution is 2.36. The van der Waals surface area contributed by atoms with Crippen molar-refractivity contribution in [1.82, 2.24) is 4.98 Å². The predicted octanol–water partition coefficient (Wildman–Crippen LogP) is 1.88. The van der Waals surface area contributed by atoms with E-state index in [0.717, 1.165) is 37.1 Å². The van der Waals surface area contributed by atoms with Gasteiger partial charge in [-0.1, -0.05) is 12.8 Å². The third kappa shape index (κ3) is 2.65. The molecule has 0 aromatic carbocycles. The number of nitrogen functional groups attached to an aromatic ring is 1. The summed E-state index contributed by atoms with van der Waals surface area (Å²) in [6.07, 6.45) is 8.78. The summed E-state index contributed by atoms with van der Waals surface area (Å²) in [5, 5.41) is 0. The summed E-state index contributed by atoms with van der Waals surface area (Å²) >= 11 is 0. The lowest BCUT2D eigenvalue weighted by molar-refractivity contribution is -0.0524. The molecule has 1 saturated carbocycles. The van der Waals surface area contributed by atoms with Crippen LogP contribution in [-0.2, 0) is 11.2 Å². The van der Waals surface area contributed by atoms with E-state index >= 15 is 0 Å². The maximum absolute atomic E-state index is 6.39. The summed E-state index contributed by atoms with van der Waals surface area (Å²) in [6, 6.07) is 1.82. The van der Waals surface area contributed by atoms with Gasteiger partial charge in [0.05, 0.1) is 5.60 Å². The van der Waals surface area contributed by atoms with Crippen molar-refractivity contribution < 1.29 is 4.74 Å². The Labute approximate surface area is 109 Å². The molecule has 18 heavy (non-hydrogen) atoms. The zero-order valence-corrected chi connectivity index (χ0v) is 11.1. The standard InChI is InChI=1S/C14H23N3O/c1-2-18-14(6-3-4-7-14)13(16)9-11-10-17-8-5-12(11)15/h5,8,10,13H,2-4,6-7,9,16H2,1H3,(H2,15,17). The molecule has 4 heteroatoms. The predicted molar refractivity (Wildman–Crippen MR) is 73.2 cm³/mol. The number of aromatic nitrogens is 1. The maximum Gasteiger partial charge on any atom is 0.0835 e. The summed E-state index contributed by atoms with van der Waals surface area (Å²) < 4.78 is 5.98. The number of hydrogen-bond donors (Lipinski definition) is 2. The minimum Gasteiger partial charge on any atom is -0.398 e. The fourth-order valence-corrected chi connectivity index (χ4v) is 2.91. The van der Waals surface area contributed by atoms with E-state index in [9.17, 15) is 0 Å². The molecule has 0 amide bonds. The Morgan fingerprint density at radius 2 is 2.17 bits per heavy atom. The van der Waals surface area contributed by atoms with Crippen LogP contribution in [0, 0.1) is 0 Å². The minimum atomic E-state index is -0.156. The monoisotopic (exact) mass is 249 g/mol. The van der Waals surface area contributed by atoms with Crippen molar-refractivity contribution in [2.45, 2.75) is 50.7 Å². The van der Waals surface area contributed by atoms with Gasteiger partial charge in [0.15, 0.2) is 0 Å². The highest BCUT2D eigenvalue weighted by molar-refractivity contribution is 5.44. The lowest BCUT2D eigenvalue weighted by atomic mass is 9.88. The normalized spacial score (nSPS) is 19.9. The Hall–Kier alpha value is -1.13. The number of pyridine rings is 1. The molecule has 1 aliphatic rings. The van der Waals surface area contributed by atoms with Crippen LogP contribution in [0.5, 0.6) is 0 Å². The molecule has 0 saturated heterocycles. The van der Waals surface area contributed by atoms with Gasteiger partial charge < -0.3 is 16.2 Å². The molecule has 100 valence electrons. The molecule has 1 unspecified atom stereocenters. The molecule has 4 nitrogen and oxygen atoms in total. The molecule has 1 aromatic rings. The highest BCUT2D eigenvalue weighted by Gasteiger charge is 2.40. The smallest absolute Gasteiger partial charge is 0.0835 e. The van der Waals surface area contributed by atoms with Gasteiger partial charge in [-0.3, -0.25) is 4.98 Å². The van der Waals surface area contributed by atoms with E-state index in [-0.39, 0.29) is 11.6 Å². The van der Waals surface area contributed by atoms with E-state index in [1.165, 1.54) is 12.8 Å². The molecule has 4 N–H and O–H groups in total. The summed E-state index contributed by atoms with van der Waals surface area (Å²) in [7, 11) is 0. The first-order valence-electron chi connectivity index (χ1n) is 6.76. The SMILES string of the molecule is CCOC1(C(N)Cc2cnccc2N)CCCC1. The van der Waals surface area contributed by atoms with Crippen molar-refractivity contribution in [1.29, 1.82) is 0 Å². The van der Waals surface area contributed by atoms with E-state index < -0.39 is 0 Å². The Kier molecular flexibility index (Phi) is 4.19. The summed E-state index contributed by atoms with van der Waals surface area (Å²) in [4.78, 5) is 4.12. The van der Waals surface area contributed by atoms with Crippen LogP contribution < -0.4 is 11.5 Å². The van der Waals surface area contributed by atoms with Gasteiger partial charge >= 0.3 is 0 Å². The molecule has 0 spiro atoms. The van der Waals surface area contributed by atoms with Crippen molar-refractivity contribution in [3.05, 3.63) is 24.0 Å². The van der Waals surface area contributed by atoms with E-state index in [0.29, 0.717) is 0 Å². The fraction of sp³-hybridized carbons (Fsp3) is 0.643. The van der Waals surface area contributed by atoms with Gasteiger partial charge in [-0.2, -0.15) is 0 Å². The van der Waals surface area contributed by atoms with Gasteiger partial charge in [-0.15, -0.1) is 0 Å². The molecule has 1 fully saturated rings. The number of rotatable bonds is 5. The van der Waals surface area contributed by atoms with Crippen molar-refractivity contribution in [2.75, 3.05) is 12.3 Å². The first kappa shape index (κ1) is 13.3. The lowest BCUT2D eigenvalue weighted by Crippen LogP contribution is -2.49. The van der Waals surface area contributed by atoms with Crippen LogP contribution in [0.25, 0.3) is 0 Å². The third-order valence-corrected chi connectivity index (χ3v) is 3.94. The van der Waals surface area contributed by atoms with Gasteiger partial charge in [-0.05, 0) is 37.8 Å². The van der Waals surface area contributed by atoms with Crippen LogP contribution in [-0.4, -0.2) is 23.2 Å². The van der Waals surface area contributed by atoms with Crippen LogP contribution in [0.3, 0.4) is 0 Å². The Balaban J connectivity index is 2.10. The van der Waals surface area contributed by atoms with E-state index in [2.05, 4.69) is 4.98 Å². The fourth-order valence-electron chi connectivity index (χ4n) is 2.91. The Morgan fingerprint density at radius 1 is 1.44 bits per heavy atom. The minimum absolute atomic E-state index is 0.00792. The first-order chi connectivity index (χ1) is 8.68. The zero-order chi connectivity index (χ0) is 13.0. The topological polar surface area (TPSA) is 74.2 Å². The second-order valence-corrected chi connectivity index (χ2v) is 5.09.